The zero-order chi connectivity index (χ0) is 17.8. The Balaban J connectivity index is 1.64. The van der Waals surface area contributed by atoms with Gasteiger partial charge < -0.3 is 14.6 Å². The molecule has 0 saturated carbocycles. The Labute approximate surface area is 154 Å². The normalized spacial score (nSPS) is 12.4. The Morgan fingerprint density at radius 3 is 2.80 bits per heavy atom. The summed E-state index contributed by atoms with van der Waals surface area (Å²) in [5, 5.41) is 16.3. The first-order chi connectivity index (χ1) is 12.0. The van der Waals surface area contributed by atoms with Crippen LogP contribution in [0.1, 0.15) is 43.7 Å². The third kappa shape index (κ3) is 4.49. The van der Waals surface area contributed by atoms with Crippen molar-refractivity contribution < 1.29 is 9.26 Å². The second kappa shape index (κ2) is 7.83. The minimum atomic E-state index is 0.0117. The summed E-state index contributed by atoms with van der Waals surface area (Å²) >= 11 is 3.02. The second-order valence-electron chi connectivity index (χ2n) is 5.64. The first-order valence-electron chi connectivity index (χ1n) is 7.80. The molecule has 0 radical (unpaired) electrons. The third-order valence-electron chi connectivity index (χ3n) is 3.33. The van der Waals surface area contributed by atoms with Gasteiger partial charge in [0.25, 0.3) is 0 Å². The molecule has 1 atom stereocenters. The van der Waals surface area contributed by atoms with Gasteiger partial charge in [0.15, 0.2) is 10.2 Å². The Morgan fingerprint density at radius 2 is 2.08 bits per heavy atom. The molecule has 0 fully saturated rings. The lowest BCUT2D eigenvalue weighted by molar-refractivity contribution is 0.373. The van der Waals surface area contributed by atoms with Crippen LogP contribution in [0, 0.1) is 0 Å². The summed E-state index contributed by atoms with van der Waals surface area (Å²) in [6.07, 6.45) is 0. The maximum atomic E-state index is 5.33. The number of benzene rings is 1. The summed E-state index contributed by atoms with van der Waals surface area (Å²) in [7, 11) is 1.64. The van der Waals surface area contributed by atoms with Gasteiger partial charge in [-0.1, -0.05) is 48.2 Å². The molecule has 132 valence electrons. The number of anilines is 2. The number of hydrogen-bond donors (Lipinski definition) is 1. The zero-order valence-electron chi connectivity index (χ0n) is 14.4. The molecule has 9 heteroatoms. The van der Waals surface area contributed by atoms with Crippen LogP contribution in [0.25, 0.3) is 0 Å². The van der Waals surface area contributed by atoms with E-state index in [2.05, 4.69) is 25.7 Å². The summed E-state index contributed by atoms with van der Waals surface area (Å²) in [6, 6.07) is 7.67. The van der Waals surface area contributed by atoms with E-state index in [1.54, 1.807) is 18.9 Å². The predicted octanol–water partition coefficient (Wildman–Crippen LogP) is 4.65. The average Bonchev–Trinajstić information content (AvgIpc) is 3.25. The molecule has 0 aliphatic heterocycles. The molecular weight excluding hydrogens is 358 g/mol. The lowest BCUT2D eigenvalue weighted by atomic mass is 10.2. The summed E-state index contributed by atoms with van der Waals surface area (Å²) in [5.41, 5.74) is 0.901. The Kier molecular flexibility index (Phi) is 5.54. The maximum Gasteiger partial charge on any atom is 0.239 e. The van der Waals surface area contributed by atoms with E-state index in [1.807, 2.05) is 45.0 Å². The molecule has 0 aliphatic carbocycles. The fraction of sp³-hybridized carbons (Fsp3) is 0.375. The number of hydrogen-bond acceptors (Lipinski definition) is 9. The number of methoxy groups -OCH3 is 1. The third-order valence-corrected chi connectivity index (χ3v) is 5.34. The Hall–Kier alpha value is -2.13. The smallest absolute Gasteiger partial charge is 0.239 e. The molecule has 3 rings (SSSR count). The molecule has 2 aromatic heterocycles. The fourth-order valence-electron chi connectivity index (χ4n) is 1.98. The average molecular weight is 377 g/mol. The van der Waals surface area contributed by atoms with E-state index in [-0.39, 0.29) is 11.2 Å². The number of rotatable bonds is 7. The van der Waals surface area contributed by atoms with Gasteiger partial charge in [0, 0.05) is 17.7 Å². The molecule has 1 aromatic carbocycles. The molecule has 3 aromatic rings. The summed E-state index contributed by atoms with van der Waals surface area (Å²) < 4.78 is 11.4. The molecule has 25 heavy (non-hydrogen) atoms. The standard InChI is InChI=1S/C16H19N5O2S2/c1-9(2)13-18-14(23-21-13)10(3)24-16-20-19-15(25-16)17-11-6-5-7-12(8-11)22-4/h5-10H,1-4H3,(H,17,19). The van der Waals surface area contributed by atoms with Crippen LogP contribution in [0.15, 0.2) is 33.1 Å². The topological polar surface area (TPSA) is 86.0 Å². The van der Waals surface area contributed by atoms with Crippen molar-refractivity contribution >= 4 is 33.9 Å². The highest BCUT2D eigenvalue weighted by Gasteiger charge is 2.19. The van der Waals surface area contributed by atoms with Crippen LogP contribution in [0.5, 0.6) is 5.75 Å². The molecule has 1 N–H and O–H groups in total. The van der Waals surface area contributed by atoms with E-state index in [9.17, 15) is 0 Å². The lowest BCUT2D eigenvalue weighted by Crippen LogP contribution is -1.92. The molecule has 7 nitrogen and oxygen atoms in total. The van der Waals surface area contributed by atoms with Crippen LogP contribution in [-0.4, -0.2) is 27.4 Å². The van der Waals surface area contributed by atoms with E-state index in [1.165, 1.54) is 11.3 Å². The van der Waals surface area contributed by atoms with Gasteiger partial charge in [-0.15, -0.1) is 10.2 Å². The SMILES string of the molecule is COc1cccc(Nc2nnc(SC(C)c3nc(C(C)C)no3)s2)c1. The van der Waals surface area contributed by atoms with Crippen LogP contribution >= 0.6 is 23.1 Å². The van der Waals surface area contributed by atoms with Gasteiger partial charge in [-0.25, -0.2) is 0 Å². The van der Waals surface area contributed by atoms with Crippen molar-refractivity contribution in [2.45, 2.75) is 36.3 Å². The number of thioether (sulfide) groups is 1. The second-order valence-corrected chi connectivity index (χ2v) is 8.20. The molecule has 0 amide bonds. The lowest BCUT2D eigenvalue weighted by Gasteiger charge is -2.04. The molecule has 0 spiro atoms. The minimum absolute atomic E-state index is 0.0117. The van der Waals surface area contributed by atoms with Crippen LogP contribution < -0.4 is 10.1 Å². The monoisotopic (exact) mass is 377 g/mol. The highest BCUT2D eigenvalue weighted by Crippen LogP contribution is 2.37. The van der Waals surface area contributed by atoms with Crippen molar-refractivity contribution in [3.05, 3.63) is 36.0 Å². The van der Waals surface area contributed by atoms with E-state index < -0.39 is 0 Å². The maximum absolute atomic E-state index is 5.33. The van der Waals surface area contributed by atoms with E-state index >= 15 is 0 Å². The van der Waals surface area contributed by atoms with Crippen molar-refractivity contribution in [1.29, 1.82) is 0 Å². The number of nitrogens with zero attached hydrogens (tertiary/aromatic N) is 4. The fourth-order valence-corrected chi connectivity index (χ4v) is 3.93. The largest absolute Gasteiger partial charge is 0.497 e. The van der Waals surface area contributed by atoms with Gasteiger partial charge in [0.1, 0.15) is 5.75 Å². The van der Waals surface area contributed by atoms with Gasteiger partial charge in [-0.3, -0.25) is 0 Å². The Bertz CT molecular complexity index is 833. The Morgan fingerprint density at radius 1 is 1.24 bits per heavy atom. The predicted molar refractivity (Wildman–Crippen MR) is 98.8 cm³/mol. The van der Waals surface area contributed by atoms with Crippen molar-refractivity contribution in [2.75, 3.05) is 12.4 Å². The van der Waals surface area contributed by atoms with Gasteiger partial charge in [0.2, 0.25) is 11.0 Å². The van der Waals surface area contributed by atoms with Crippen LogP contribution in [-0.2, 0) is 0 Å². The highest BCUT2D eigenvalue weighted by molar-refractivity contribution is 8.01. The molecule has 0 bridgehead atoms. The van der Waals surface area contributed by atoms with Crippen molar-refractivity contribution in [1.82, 2.24) is 20.3 Å². The van der Waals surface area contributed by atoms with Crippen molar-refractivity contribution in [3.63, 3.8) is 0 Å². The first-order valence-corrected chi connectivity index (χ1v) is 9.49. The van der Waals surface area contributed by atoms with Crippen molar-refractivity contribution in [3.8, 4) is 5.75 Å². The summed E-state index contributed by atoms with van der Waals surface area (Å²) in [5.74, 6) is 2.36. The van der Waals surface area contributed by atoms with Crippen LogP contribution in [0.3, 0.4) is 0 Å². The van der Waals surface area contributed by atoms with Gasteiger partial charge >= 0.3 is 0 Å². The van der Waals surface area contributed by atoms with Crippen LogP contribution in [0.4, 0.5) is 10.8 Å². The minimum Gasteiger partial charge on any atom is -0.497 e. The number of aromatic nitrogens is 4. The molecular formula is C16H19N5O2S2. The summed E-state index contributed by atoms with van der Waals surface area (Å²) in [6.45, 7) is 6.08. The molecule has 0 saturated heterocycles. The van der Waals surface area contributed by atoms with E-state index in [4.69, 9.17) is 9.26 Å². The quantitative estimate of drug-likeness (QED) is 0.596. The molecule has 0 aliphatic rings. The van der Waals surface area contributed by atoms with E-state index in [0.717, 1.165) is 26.7 Å². The summed E-state index contributed by atoms with van der Waals surface area (Å²) in [4.78, 5) is 4.43. The molecule has 1 unspecified atom stereocenters. The number of nitrogens with one attached hydrogen (secondary N) is 1. The van der Waals surface area contributed by atoms with Crippen molar-refractivity contribution in [2.24, 2.45) is 0 Å². The number of ether oxygens (including phenoxy) is 1. The van der Waals surface area contributed by atoms with E-state index in [0.29, 0.717) is 5.89 Å². The van der Waals surface area contributed by atoms with Crippen LogP contribution in [0.2, 0.25) is 0 Å². The highest BCUT2D eigenvalue weighted by atomic mass is 32.2. The van der Waals surface area contributed by atoms with Gasteiger partial charge in [-0.2, -0.15) is 4.98 Å². The first kappa shape index (κ1) is 17.7. The van der Waals surface area contributed by atoms with Gasteiger partial charge in [-0.05, 0) is 19.1 Å². The van der Waals surface area contributed by atoms with Gasteiger partial charge in [0.05, 0.1) is 12.4 Å². The molecule has 2 heterocycles. The zero-order valence-corrected chi connectivity index (χ0v) is 16.0.